The van der Waals surface area contributed by atoms with Gasteiger partial charge >= 0.3 is 0 Å². The summed E-state index contributed by atoms with van der Waals surface area (Å²) >= 11 is 3.41. The molecule has 110 valence electrons. The van der Waals surface area contributed by atoms with Gasteiger partial charge in [0.05, 0.1) is 22.0 Å². The first-order valence-electron chi connectivity index (χ1n) is 7.01. The standard InChI is InChI=1S/C16H14N4S2/c17-6-3-12-15(11-4-7-18-8-5-11)19-16-20(12)13(10-22-16)14-2-1-9-21-14/h1-2,4-5,7-10H,3,6,17H2. The zero-order chi connectivity index (χ0) is 14.9. The lowest BCUT2D eigenvalue weighted by Gasteiger charge is -2.05. The summed E-state index contributed by atoms with van der Waals surface area (Å²) in [6.45, 7) is 0.603. The van der Waals surface area contributed by atoms with Gasteiger partial charge in [-0.2, -0.15) is 0 Å². The maximum atomic E-state index is 5.85. The predicted molar refractivity (Wildman–Crippen MR) is 92.4 cm³/mol. The van der Waals surface area contributed by atoms with Crippen LogP contribution in [0, 0.1) is 0 Å². The van der Waals surface area contributed by atoms with Crippen LogP contribution in [0.25, 0.3) is 26.8 Å². The lowest BCUT2D eigenvalue weighted by molar-refractivity contribution is 0.914. The van der Waals surface area contributed by atoms with E-state index in [4.69, 9.17) is 10.7 Å². The van der Waals surface area contributed by atoms with Crippen LogP contribution in [-0.2, 0) is 6.42 Å². The number of imidazole rings is 1. The molecule has 0 aromatic carbocycles. The summed E-state index contributed by atoms with van der Waals surface area (Å²) in [5.74, 6) is 0. The zero-order valence-corrected chi connectivity index (χ0v) is 13.4. The Morgan fingerprint density at radius 2 is 2.00 bits per heavy atom. The van der Waals surface area contributed by atoms with Gasteiger partial charge in [-0.1, -0.05) is 6.07 Å². The summed E-state index contributed by atoms with van der Waals surface area (Å²) in [7, 11) is 0. The number of nitrogens with zero attached hydrogens (tertiary/aromatic N) is 3. The van der Waals surface area contributed by atoms with E-state index in [1.807, 2.05) is 12.1 Å². The molecule has 4 rings (SSSR count). The molecule has 0 bridgehead atoms. The zero-order valence-electron chi connectivity index (χ0n) is 11.8. The summed E-state index contributed by atoms with van der Waals surface area (Å²) in [4.78, 5) is 11.2. The number of pyridine rings is 1. The van der Waals surface area contributed by atoms with Gasteiger partial charge in [-0.05, 0) is 30.1 Å². The minimum absolute atomic E-state index is 0.603. The molecule has 0 aliphatic carbocycles. The monoisotopic (exact) mass is 326 g/mol. The Bertz CT molecular complexity index is 891. The highest BCUT2D eigenvalue weighted by molar-refractivity contribution is 7.17. The number of hydrogen-bond acceptors (Lipinski definition) is 5. The molecule has 2 N–H and O–H groups in total. The molecule has 0 spiro atoms. The average molecular weight is 326 g/mol. The van der Waals surface area contributed by atoms with Crippen molar-refractivity contribution in [2.24, 2.45) is 5.73 Å². The number of thiazole rings is 1. The molecule has 0 unspecified atom stereocenters. The van der Waals surface area contributed by atoms with E-state index in [9.17, 15) is 0 Å². The lowest BCUT2D eigenvalue weighted by Crippen LogP contribution is -2.06. The first-order chi connectivity index (χ1) is 10.9. The smallest absolute Gasteiger partial charge is 0.194 e. The maximum absolute atomic E-state index is 5.85. The first-order valence-corrected chi connectivity index (χ1v) is 8.77. The molecule has 6 heteroatoms. The third-order valence-electron chi connectivity index (χ3n) is 3.57. The van der Waals surface area contributed by atoms with Gasteiger partial charge in [-0.15, -0.1) is 22.7 Å². The molecule has 0 saturated heterocycles. The van der Waals surface area contributed by atoms with Crippen LogP contribution in [0.1, 0.15) is 5.69 Å². The highest BCUT2D eigenvalue weighted by atomic mass is 32.1. The number of nitrogens with two attached hydrogens (primary N) is 1. The summed E-state index contributed by atoms with van der Waals surface area (Å²) in [6.07, 6.45) is 4.40. The van der Waals surface area contributed by atoms with E-state index < -0.39 is 0 Å². The van der Waals surface area contributed by atoms with Gasteiger partial charge in [0.2, 0.25) is 0 Å². The Hall–Kier alpha value is -2.02. The minimum Gasteiger partial charge on any atom is -0.330 e. The largest absolute Gasteiger partial charge is 0.330 e. The van der Waals surface area contributed by atoms with Crippen LogP contribution in [0.5, 0.6) is 0 Å². The van der Waals surface area contributed by atoms with Crippen LogP contribution < -0.4 is 5.73 Å². The van der Waals surface area contributed by atoms with Gasteiger partial charge in [0.15, 0.2) is 4.96 Å². The summed E-state index contributed by atoms with van der Waals surface area (Å²) < 4.78 is 2.25. The summed E-state index contributed by atoms with van der Waals surface area (Å²) in [5.41, 5.74) is 10.3. The lowest BCUT2D eigenvalue weighted by atomic mass is 10.1. The molecule has 4 aromatic heterocycles. The first kappa shape index (κ1) is 13.6. The van der Waals surface area contributed by atoms with Crippen molar-refractivity contribution in [1.29, 1.82) is 0 Å². The van der Waals surface area contributed by atoms with Crippen LogP contribution >= 0.6 is 22.7 Å². The van der Waals surface area contributed by atoms with Crippen LogP contribution in [0.2, 0.25) is 0 Å². The Labute approximate surface area is 135 Å². The molecule has 0 aliphatic heterocycles. The molecular weight excluding hydrogens is 312 g/mol. The number of rotatable bonds is 4. The molecule has 0 saturated carbocycles. The second-order valence-electron chi connectivity index (χ2n) is 4.90. The fourth-order valence-electron chi connectivity index (χ4n) is 2.62. The van der Waals surface area contributed by atoms with Gasteiger partial charge in [0.25, 0.3) is 0 Å². The van der Waals surface area contributed by atoms with Crippen LogP contribution in [-0.4, -0.2) is 20.9 Å². The molecule has 4 aromatic rings. The second kappa shape index (κ2) is 5.64. The molecule has 4 heterocycles. The molecule has 0 amide bonds. The van der Waals surface area contributed by atoms with E-state index in [2.05, 4.69) is 32.3 Å². The highest BCUT2D eigenvalue weighted by Gasteiger charge is 2.18. The highest BCUT2D eigenvalue weighted by Crippen LogP contribution is 2.34. The van der Waals surface area contributed by atoms with E-state index in [0.717, 1.165) is 22.6 Å². The van der Waals surface area contributed by atoms with Crippen molar-refractivity contribution in [2.45, 2.75) is 6.42 Å². The summed E-state index contributed by atoms with van der Waals surface area (Å²) in [5, 5.41) is 4.27. The molecule has 0 fully saturated rings. The van der Waals surface area contributed by atoms with Gasteiger partial charge < -0.3 is 5.73 Å². The molecule has 4 nitrogen and oxygen atoms in total. The Balaban J connectivity index is 1.98. The normalized spacial score (nSPS) is 11.3. The topological polar surface area (TPSA) is 56.2 Å². The third-order valence-corrected chi connectivity index (χ3v) is 5.29. The van der Waals surface area contributed by atoms with Gasteiger partial charge in [0.1, 0.15) is 0 Å². The predicted octanol–water partition coefficient (Wildman–Crippen LogP) is 3.69. The third kappa shape index (κ3) is 2.16. The van der Waals surface area contributed by atoms with E-state index in [1.54, 1.807) is 35.1 Å². The molecule has 0 aliphatic rings. The van der Waals surface area contributed by atoms with Crippen molar-refractivity contribution in [2.75, 3.05) is 6.54 Å². The van der Waals surface area contributed by atoms with Crippen LogP contribution in [0.15, 0.2) is 47.4 Å². The van der Waals surface area contributed by atoms with Crippen molar-refractivity contribution in [3.05, 3.63) is 53.1 Å². The average Bonchev–Trinajstić information content (AvgIpc) is 3.25. The SMILES string of the molecule is NCCc1c(-c2ccncc2)nc2scc(-c3cccs3)n12. The second-order valence-corrected chi connectivity index (χ2v) is 6.68. The minimum atomic E-state index is 0.603. The number of aromatic nitrogens is 3. The Morgan fingerprint density at radius 1 is 1.14 bits per heavy atom. The van der Waals surface area contributed by atoms with Gasteiger partial charge in [0, 0.05) is 29.8 Å². The van der Waals surface area contributed by atoms with Crippen molar-refractivity contribution in [3.63, 3.8) is 0 Å². The summed E-state index contributed by atoms with van der Waals surface area (Å²) in [6, 6.07) is 8.21. The fourth-order valence-corrected chi connectivity index (χ4v) is 4.33. The van der Waals surface area contributed by atoms with E-state index in [0.29, 0.717) is 6.54 Å². The van der Waals surface area contributed by atoms with Crippen molar-refractivity contribution in [1.82, 2.24) is 14.4 Å². The molecule has 22 heavy (non-hydrogen) atoms. The number of fused-ring (bicyclic) bond motifs is 1. The van der Waals surface area contributed by atoms with Crippen molar-refractivity contribution >= 4 is 27.6 Å². The number of thiophene rings is 1. The molecule has 0 atom stereocenters. The molecule has 0 radical (unpaired) electrons. The number of hydrogen-bond donors (Lipinski definition) is 1. The van der Waals surface area contributed by atoms with Crippen molar-refractivity contribution < 1.29 is 0 Å². The van der Waals surface area contributed by atoms with E-state index >= 15 is 0 Å². The van der Waals surface area contributed by atoms with Gasteiger partial charge in [-0.25, -0.2) is 4.98 Å². The van der Waals surface area contributed by atoms with Gasteiger partial charge in [-0.3, -0.25) is 9.38 Å². The fraction of sp³-hybridized carbons (Fsp3) is 0.125. The van der Waals surface area contributed by atoms with Crippen LogP contribution in [0.4, 0.5) is 0 Å². The Morgan fingerprint density at radius 3 is 2.73 bits per heavy atom. The van der Waals surface area contributed by atoms with E-state index in [-0.39, 0.29) is 0 Å². The quantitative estimate of drug-likeness (QED) is 0.622. The Kier molecular flexibility index (Phi) is 3.49. The maximum Gasteiger partial charge on any atom is 0.194 e. The molecular formula is C16H14N4S2. The van der Waals surface area contributed by atoms with E-state index in [1.165, 1.54) is 16.3 Å². The van der Waals surface area contributed by atoms with Crippen LogP contribution in [0.3, 0.4) is 0 Å². The van der Waals surface area contributed by atoms with Crippen molar-refractivity contribution in [3.8, 4) is 21.8 Å².